The van der Waals surface area contributed by atoms with Gasteiger partial charge >= 0.3 is 5.97 Å². The van der Waals surface area contributed by atoms with Crippen LogP contribution < -0.4 is 0 Å². The van der Waals surface area contributed by atoms with Crippen molar-refractivity contribution in [3.63, 3.8) is 0 Å². The molecule has 7 nitrogen and oxygen atoms in total. The maximum Gasteiger partial charge on any atom is 0.303 e. The number of aromatic nitrogens is 4. The maximum atomic E-state index is 10.8. The number of likely N-dealkylation sites (tertiary alicyclic amines) is 1. The van der Waals surface area contributed by atoms with Gasteiger partial charge in [0.2, 0.25) is 0 Å². The van der Waals surface area contributed by atoms with Gasteiger partial charge in [0.05, 0.1) is 12.6 Å². The fourth-order valence-corrected chi connectivity index (χ4v) is 2.83. The van der Waals surface area contributed by atoms with Crippen molar-refractivity contribution in [2.45, 2.75) is 44.7 Å². The molecule has 3 rings (SSSR count). The summed E-state index contributed by atoms with van der Waals surface area (Å²) in [5, 5.41) is 20.8. The molecular weight excluding hydrogens is 246 g/mol. The minimum Gasteiger partial charge on any atom is -0.481 e. The van der Waals surface area contributed by atoms with Crippen molar-refractivity contribution in [2.24, 2.45) is 5.92 Å². The van der Waals surface area contributed by atoms with Crippen LogP contribution in [0.5, 0.6) is 0 Å². The predicted molar refractivity (Wildman–Crippen MR) is 66.3 cm³/mol. The SMILES string of the molecule is O=C(O)CC1CCCN(Cc2nnnn2C2CC2)C1. The van der Waals surface area contributed by atoms with Crippen molar-refractivity contribution in [2.75, 3.05) is 13.1 Å². The highest BCUT2D eigenvalue weighted by Crippen LogP contribution is 2.34. The third-order valence-corrected chi connectivity index (χ3v) is 3.89. The molecule has 2 fully saturated rings. The average molecular weight is 265 g/mol. The summed E-state index contributed by atoms with van der Waals surface area (Å²) in [6.45, 7) is 2.58. The van der Waals surface area contributed by atoms with E-state index in [2.05, 4.69) is 20.4 Å². The van der Waals surface area contributed by atoms with E-state index in [0.29, 0.717) is 6.04 Å². The molecule has 19 heavy (non-hydrogen) atoms. The average Bonchev–Trinajstić information content (AvgIpc) is 3.10. The van der Waals surface area contributed by atoms with E-state index in [1.54, 1.807) is 0 Å². The van der Waals surface area contributed by atoms with Crippen molar-refractivity contribution in [1.82, 2.24) is 25.1 Å². The summed E-state index contributed by atoms with van der Waals surface area (Å²) >= 11 is 0. The van der Waals surface area contributed by atoms with Gasteiger partial charge < -0.3 is 5.11 Å². The number of tetrazole rings is 1. The summed E-state index contributed by atoms with van der Waals surface area (Å²) in [7, 11) is 0. The zero-order valence-electron chi connectivity index (χ0n) is 10.9. The molecule has 2 heterocycles. The van der Waals surface area contributed by atoms with Gasteiger partial charge in [0, 0.05) is 13.0 Å². The molecule has 0 aromatic carbocycles. The zero-order chi connectivity index (χ0) is 13.2. The highest BCUT2D eigenvalue weighted by molar-refractivity contribution is 5.67. The quantitative estimate of drug-likeness (QED) is 0.843. The second-order valence-electron chi connectivity index (χ2n) is 5.61. The monoisotopic (exact) mass is 265 g/mol. The largest absolute Gasteiger partial charge is 0.481 e. The fraction of sp³-hybridized carbons (Fsp3) is 0.833. The lowest BCUT2D eigenvalue weighted by atomic mass is 9.95. The van der Waals surface area contributed by atoms with E-state index in [9.17, 15) is 4.79 Å². The van der Waals surface area contributed by atoms with E-state index in [1.165, 1.54) is 12.8 Å². The smallest absolute Gasteiger partial charge is 0.303 e. The van der Waals surface area contributed by atoms with Crippen LogP contribution in [-0.2, 0) is 11.3 Å². The maximum absolute atomic E-state index is 10.8. The minimum atomic E-state index is -0.699. The highest BCUT2D eigenvalue weighted by atomic mass is 16.4. The fourth-order valence-electron chi connectivity index (χ4n) is 2.83. The van der Waals surface area contributed by atoms with Gasteiger partial charge in [0.15, 0.2) is 5.82 Å². The third-order valence-electron chi connectivity index (χ3n) is 3.89. The molecule has 1 aliphatic heterocycles. The number of piperidine rings is 1. The van der Waals surface area contributed by atoms with E-state index in [4.69, 9.17) is 5.11 Å². The van der Waals surface area contributed by atoms with E-state index in [1.807, 2.05) is 4.68 Å². The first-order valence-corrected chi connectivity index (χ1v) is 6.93. The second kappa shape index (κ2) is 5.24. The standard InChI is InChI=1S/C12H19N5O2/c18-12(19)6-9-2-1-5-16(7-9)8-11-13-14-15-17(11)10-3-4-10/h9-10H,1-8H2,(H,18,19). The van der Waals surface area contributed by atoms with E-state index < -0.39 is 5.97 Å². The number of carboxylic acid groups (broad SMARTS) is 1. The molecule has 1 atom stereocenters. The Morgan fingerprint density at radius 2 is 2.21 bits per heavy atom. The summed E-state index contributed by atoms with van der Waals surface area (Å²) in [5.41, 5.74) is 0. The van der Waals surface area contributed by atoms with Gasteiger partial charge in [-0.25, -0.2) is 4.68 Å². The van der Waals surface area contributed by atoms with Gasteiger partial charge in [0.25, 0.3) is 0 Å². The van der Waals surface area contributed by atoms with Gasteiger partial charge in [0.1, 0.15) is 0 Å². The lowest BCUT2D eigenvalue weighted by Gasteiger charge is -2.31. The van der Waals surface area contributed by atoms with Crippen LogP contribution in [0.1, 0.15) is 44.0 Å². The van der Waals surface area contributed by atoms with E-state index in [0.717, 1.165) is 38.3 Å². The molecule has 1 unspecified atom stereocenters. The number of hydrogen-bond acceptors (Lipinski definition) is 5. The molecule has 104 valence electrons. The van der Waals surface area contributed by atoms with Gasteiger partial charge in [-0.05, 0) is 48.6 Å². The number of rotatable bonds is 5. The number of carboxylic acids is 1. The molecule has 0 spiro atoms. The summed E-state index contributed by atoms with van der Waals surface area (Å²) in [4.78, 5) is 13.1. The molecule has 1 aromatic heterocycles. The molecule has 0 radical (unpaired) electrons. The first-order valence-electron chi connectivity index (χ1n) is 6.93. The van der Waals surface area contributed by atoms with E-state index >= 15 is 0 Å². The molecule has 1 saturated carbocycles. The molecule has 1 aliphatic carbocycles. The van der Waals surface area contributed by atoms with Gasteiger partial charge in [-0.1, -0.05) is 0 Å². The normalized spacial score (nSPS) is 24.5. The lowest BCUT2D eigenvalue weighted by molar-refractivity contribution is -0.138. The lowest BCUT2D eigenvalue weighted by Crippen LogP contribution is -2.36. The Kier molecular flexibility index (Phi) is 3.46. The summed E-state index contributed by atoms with van der Waals surface area (Å²) in [6.07, 6.45) is 4.67. The van der Waals surface area contributed by atoms with Crippen LogP contribution in [0.4, 0.5) is 0 Å². The summed E-state index contributed by atoms with van der Waals surface area (Å²) in [6, 6.07) is 0.490. The number of hydrogen-bond donors (Lipinski definition) is 1. The first kappa shape index (κ1) is 12.5. The Bertz CT molecular complexity index is 457. The van der Waals surface area contributed by atoms with Crippen LogP contribution in [0.15, 0.2) is 0 Å². The predicted octanol–water partition coefficient (Wildman–Crippen LogP) is 0.695. The Morgan fingerprint density at radius 3 is 2.95 bits per heavy atom. The van der Waals surface area contributed by atoms with Crippen LogP contribution in [0.3, 0.4) is 0 Å². The Hall–Kier alpha value is -1.50. The summed E-state index contributed by atoms with van der Waals surface area (Å²) < 4.78 is 1.93. The molecule has 1 N–H and O–H groups in total. The highest BCUT2D eigenvalue weighted by Gasteiger charge is 2.29. The van der Waals surface area contributed by atoms with Crippen LogP contribution in [0.25, 0.3) is 0 Å². The second-order valence-corrected chi connectivity index (χ2v) is 5.61. The Morgan fingerprint density at radius 1 is 1.37 bits per heavy atom. The molecule has 0 amide bonds. The molecule has 1 aromatic rings. The van der Waals surface area contributed by atoms with Gasteiger partial charge in [-0.3, -0.25) is 9.69 Å². The molecule has 2 aliphatic rings. The number of nitrogens with zero attached hydrogens (tertiary/aromatic N) is 5. The van der Waals surface area contributed by atoms with Crippen LogP contribution in [0.2, 0.25) is 0 Å². The minimum absolute atomic E-state index is 0.261. The van der Waals surface area contributed by atoms with Gasteiger partial charge in [-0.15, -0.1) is 5.10 Å². The van der Waals surface area contributed by atoms with Gasteiger partial charge in [-0.2, -0.15) is 0 Å². The molecular formula is C12H19N5O2. The molecule has 1 saturated heterocycles. The van der Waals surface area contributed by atoms with Crippen molar-refractivity contribution < 1.29 is 9.90 Å². The zero-order valence-corrected chi connectivity index (χ0v) is 10.9. The molecule has 0 bridgehead atoms. The van der Waals surface area contributed by atoms with Crippen LogP contribution in [-0.4, -0.2) is 49.3 Å². The summed E-state index contributed by atoms with van der Waals surface area (Å²) in [5.74, 6) is 0.477. The number of aliphatic carboxylic acids is 1. The number of carbonyl (C=O) groups is 1. The van der Waals surface area contributed by atoms with Crippen molar-refractivity contribution in [3.8, 4) is 0 Å². The first-order chi connectivity index (χ1) is 9.22. The van der Waals surface area contributed by atoms with Crippen molar-refractivity contribution in [3.05, 3.63) is 5.82 Å². The van der Waals surface area contributed by atoms with Crippen LogP contribution >= 0.6 is 0 Å². The third kappa shape index (κ3) is 3.09. The van der Waals surface area contributed by atoms with E-state index in [-0.39, 0.29) is 12.3 Å². The Labute approximate surface area is 111 Å². The topological polar surface area (TPSA) is 84.1 Å². The van der Waals surface area contributed by atoms with Crippen molar-refractivity contribution >= 4 is 5.97 Å². The van der Waals surface area contributed by atoms with Crippen LogP contribution in [0, 0.1) is 5.92 Å². The van der Waals surface area contributed by atoms with Crippen molar-refractivity contribution in [1.29, 1.82) is 0 Å². The molecule has 7 heteroatoms. The Balaban J connectivity index is 1.59.